The lowest BCUT2D eigenvalue weighted by atomic mass is 10.1. The number of aliphatic hydroxyl groups excluding tert-OH is 1. The molecule has 2 aromatic rings. The minimum Gasteiger partial charge on any atom is -0.495 e. The summed E-state index contributed by atoms with van der Waals surface area (Å²) in [5, 5.41) is 24.6. The molecule has 0 aliphatic carbocycles. The van der Waals surface area contributed by atoms with E-state index in [1.165, 1.54) is 12.0 Å². The molecular weight excluding hydrogens is 520 g/mol. The van der Waals surface area contributed by atoms with E-state index in [0.717, 1.165) is 0 Å². The number of nitrogen functional groups attached to an aromatic ring is 1. The Balaban J connectivity index is 1.38. The minimum atomic E-state index is -0.920. The number of carbonyl (C=O) groups is 4. The van der Waals surface area contributed by atoms with Crippen molar-refractivity contribution in [2.24, 2.45) is 0 Å². The number of nitrogens with two attached hydrogens (primary N) is 1. The predicted octanol–water partition coefficient (Wildman–Crippen LogP) is 0.655. The molecule has 2 saturated heterocycles. The minimum absolute atomic E-state index is 0.0354. The Bertz CT molecular complexity index is 1260. The van der Waals surface area contributed by atoms with Crippen LogP contribution in [-0.2, 0) is 20.8 Å². The van der Waals surface area contributed by atoms with Crippen molar-refractivity contribution in [3.05, 3.63) is 48.0 Å². The molecule has 0 bridgehead atoms. The summed E-state index contributed by atoms with van der Waals surface area (Å²) in [5.74, 6) is -1.15. The van der Waals surface area contributed by atoms with Crippen LogP contribution >= 0.6 is 0 Å². The van der Waals surface area contributed by atoms with Crippen molar-refractivity contribution in [1.82, 2.24) is 14.7 Å². The monoisotopic (exact) mass is 554 g/mol. The Morgan fingerprint density at radius 1 is 1.02 bits per heavy atom. The molecule has 2 aliphatic heterocycles. The van der Waals surface area contributed by atoms with Gasteiger partial charge in [-0.25, -0.2) is 4.79 Å². The molecule has 2 aromatic carbocycles. The van der Waals surface area contributed by atoms with Gasteiger partial charge in [-0.15, -0.1) is 0 Å². The molecular formula is C27H34N6O7. The highest BCUT2D eigenvalue weighted by molar-refractivity contribution is 6.02. The van der Waals surface area contributed by atoms with E-state index in [-0.39, 0.29) is 37.7 Å². The molecule has 6 N–H and O–H groups in total. The van der Waals surface area contributed by atoms with Gasteiger partial charge < -0.3 is 41.1 Å². The average Bonchev–Trinajstić information content (AvgIpc) is 3.32. The number of amides is 4. The number of likely N-dealkylation sites (tertiary alicyclic amines) is 1. The predicted molar refractivity (Wildman–Crippen MR) is 147 cm³/mol. The molecule has 2 heterocycles. The number of carbonyl (C=O) groups excluding carboxylic acids is 3. The third kappa shape index (κ3) is 6.98. The van der Waals surface area contributed by atoms with Crippen LogP contribution in [0.25, 0.3) is 0 Å². The first-order valence-corrected chi connectivity index (χ1v) is 12.9. The maximum atomic E-state index is 13.3. The lowest BCUT2D eigenvalue weighted by Crippen LogP contribution is -2.55. The molecule has 0 aromatic heterocycles. The number of methoxy groups -OCH3 is 1. The Morgan fingerprint density at radius 2 is 1.73 bits per heavy atom. The number of aliphatic hydroxyl groups is 1. The van der Waals surface area contributed by atoms with Crippen molar-refractivity contribution in [2.75, 3.05) is 62.7 Å². The van der Waals surface area contributed by atoms with Crippen LogP contribution in [0.2, 0.25) is 0 Å². The van der Waals surface area contributed by atoms with Crippen molar-refractivity contribution < 1.29 is 34.1 Å². The van der Waals surface area contributed by atoms with Crippen LogP contribution in [0, 0.1) is 0 Å². The number of nitrogens with zero attached hydrogens (tertiary/aromatic N) is 3. The molecule has 2 aliphatic rings. The molecule has 13 heteroatoms. The van der Waals surface area contributed by atoms with Crippen LogP contribution in [-0.4, -0.2) is 107 Å². The van der Waals surface area contributed by atoms with Crippen LogP contribution in [0.15, 0.2) is 42.5 Å². The summed E-state index contributed by atoms with van der Waals surface area (Å²) < 4.78 is 5.42. The van der Waals surface area contributed by atoms with E-state index in [1.807, 2.05) is 0 Å². The van der Waals surface area contributed by atoms with Gasteiger partial charge in [0.2, 0.25) is 11.8 Å². The zero-order valence-corrected chi connectivity index (χ0v) is 22.2. The first-order chi connectivity index (χ1) is 19.1. The van der Waals surface area contributed by atoms with Gasteiger partial charge in [-0.2, -0.15) is 0 Å². The lowest BCUT2D eigenvalue weighted by molar-refractivity contribution is -0.145. The molecule has 2 atom stereocenters. The molecule has 4 amide bonds. The Labute approximate surface area is 231 Å². The molecule has 13 nitrogen and oxygen atoms in total. The molecule has 0 radical (unpaired) electrons. The number of para-hydroxylation sites is 2. The highest BCUT2D eigenvalue weighted by Crippen LogP contribution is 2.28. The number of ether oxygens (including phenoxy) is 1. The Hall–Kier alpha value is -4.36. The van der Waals surface area contributed by atoms with E-state index in [9.17, 15) is 24.3 Å². The summed E-state index contributed by atoms with van der Waals surface area (Å²) in [7, 11) is 1.45. The fraction of sp³-hybridized carbons (Fsp3) is 0.407. The van der Waals surface area contributed by atoms with Crippen LogP contribution in [0.3, 0.4) is 0 Å². The Kier molecular flexibility index (Phi) is 9.07. The zero-order chi connectivity index (χ0) is 28.8. The van der Waals surface area contributed by atoms with Crippen molar-refractivity contribution in [3.63, 3.8) is 0 Å². The van der Waals surface area contributed by atoms with Gasteiger partial charge in [0.1, 0.15) is 11.8 Å². The summed E-state index contributed by atoms with van der Waals surface area (Å²) in [6.07, 6.45) is -0.705. The molecule has 2 fully saturated rings. The van der Waals surface area contributed by atoms with Gasteiger partial charge in [0.25, 0.3) is 0 Å². The second-order valence-electron chi connectivity index (χ2n) is 9.82. The summed E-state index contributed by atoms with van der Waals surface area (Å²) in [6, 6.07) is 10.5. The second kappa shape index (κ2) is 12.7. The zero-order valence-electron chi connectivity index (χ0n) is 22.2. The number of hydrogen-bond donors (Lipinski definition) is 5. The van der Waals surface area contributed by atoms with Gasteiger partial charge in [0, 0.05) is 39.1 Å². The van der Waals surface area contributed by atoms with Gasteiger partial charge in [0.05, 0.1) is 43.2 Å². The highest BCUT2D eigenvalue weighted by atomic mass is 16.5. The van der Waals surface area contributed by atoms with E-state index in [0.29, 0.717) is 54.6 Å². The number of aliphatic carboxylic acids is 1. The number of piperazine rings is 1. The number of nitrogens with one attached hydrogen (secondary N) is 2. The smallest absolute Gasteiger partial charge is 0.323 e. The van der Waals surface area contributed by atoms with E-state index in [4.69, 9.17) is 15.6 Å². The number of hydrogen-bond acceptors (Lipinski definition) is 8. The number of β-amino-alcohol motifs (C(OH)–C–C–N with tert-alkyl or cyclic N) is 1. The number of urea groups is 1. The van der Waals surface area contributed by atoms with Crippen molar-refractivity contribution in [2.45, 2.75) is 25.0 Å². The quantitative estimate of drug-likeness (QED) is 0.293. The van der Waals surface area contributed by atoms with Crippen molar-refractivity contribution >= 4 is 40.9 Å². The fourth-order valence-corrected chi connectivity index (χ4v) is 4.96. The fourth-order valence-electron chi connectivity index (χ4n) is 4.96. The third-order valence-corrected chi connectivity index (χ3v) is 7.01. The van der Waals surface area contributed by atoms with Gasteiger partial charge >= 0.3 is 12.0 Å². The summed E-state index contributed by atoms with van der Waals surface area (Å²) in [6.45, 7) is 1.54. The van der Waals surface area contributed by atoms with Gasteiger partial charge in [-0.3, -0.25) is 19.3 Å². The first-order valence-electron chi connectivity index (χ1n) is 12.9. The number of rotatable bonds is 8. The molecule has 4 rings (SSSR count). The molecule has 214 valence electrons. The summed E-state index contributed by atoms with van der Waals surface area (Å²) in [4.78, 5) is 54.7. The lowest BCUT2D eigenvalue weighted by Gasteiger charge is -2.36. The largest absolute Gasteiger partial charge is 0.495 e. The number of carboxylic acids is 1. The van der Waals surface area contributed by atoms with Crippen LogP contribution < -0.4 is 21.1 Å². The van der Waals surface area contributed by atoms with Crippen molar-refractivity contribution in [3.8, 4) is 5.75 Å². The third-order valence-electron chi connectivity index (χ3n) is 7.01. The summed E-state index contributed by atoms with van der Waals surface area (Å²) >= 11 is 0. The molecule has 0 spiro atoms. The normalized spacial score (nSPS) is 19.2. The standard InChI is InChI=1S/C27H34N6O7/c1-40-23-12-17(6-7-21(23)30-27(39)29-20-5-3-2-4-19(20)28)13-24(35)33-15-18(34)14-22(33)26(38)32-10-8-31(9-11-32)16-25(36)37/h2-7,12,18,22,34H,8-11,13-16,28H2,1H3,(H,36,37)(H2,29,30,39)/t18-,22+/m1/s1. The average molecular weight is 555 g/mol. The molecule has 0 unspecified atom stereocenters. The second-order valence-corrected chi connectivity index (χ2v) is 9.82. The number of anilines is 3. The molecule has 0 saturated carbocycles. The number of benzene rings is 2. The van der Waals surface area contributed by atoms with E-state index in [2.05, 4.69) is 10.6 Å². The van der Waals surface area contributed by atoms with Crippen molar-refractivity contribution in [1.29, 1.82) is 0 Å². The van der Waals surface area contributed by atoms with E-state index >= 15 is 0 Å². The van der Waals surface area contributed by atoms with E-state index < -0.39 is 24.1 Å². The van der Waals surface area contributed by atoms with Gasteiger partial charge in [0.15, 0.2) is 0 Å². The maximum Gasteiger partial charge on any atom is 0.323 e. The number of carboxylic acid groups (broad SMARTS) is 1. The van der Waals surface area contributed by atoms with Crippen LogP contribution in [0.5, 0.6) is 5.75 Å². The summed E-state index contributed by atoms with van der Waals surface area (Å²) in [5.41, 5.74) is 7.74. The van der Waals surface area contributed by atoms with Gasteiger partial charge in [-0.1, -0.05) is 18.2 Å². The van der Waals surface area contributed by atoms with Crippen LogP contribution in [0.4, 0.5) is 21.9 Å². The van der Waals surface area contributed by atoms with Gasteiger partial charge in [-0.05, 0) is 29.8 Å². The van der Waals surface area contributed by atoms with Crippen LogP contribution in [0.1, 0.15) is 12.0 Å². The molecule has 40 heavy (non-hydrogen) atoms. The Morgan fingerprint density at radius 3 is 2.40 bits per heavy atom. The topological polar surface area (TPSA) is 178 Å². The SMILES string of the molecule is COc1cc(CC(=O)N2C[C@H](O)C[C@H]2C(=O)N2CCN(CC(=O)O)CC2)ccc1NC(=O)Nc1ccccc1N. The highest BCUT2D eigenvalue weighted by Gasteiger charge is 2.41. The van der Waals surface area contributed by atoms with E-state index in [1.54, 1.807) is 52.3 Å². The first kappa shape index (κ1) is 28.6. The maximum absolute atomic E-state index is 13.3.